The lowest BCUT2D eigenvalue weighted by Crippen LogP contribution is -2.46. The number of piperazine rings is 1. The van der Waals surface area contributed by atoms with Gasteiger partial charge < -0.3 is 4.90 Å². The molecule has 4 rings (SSSR count). The van der Waals surface area contributed by atoms with Gasteiger partial charge in [0.1, 0.15) is 0 Å². The number of anilines is 1. The van der Waals surface area contributed by atoms with Crippen molar-refractivity contribution in [1.29, 1.82) is 0 Å². The van der Waals surface area contributed by atoms with E-state index in [9.17, 15) is 0 Å². The molecule has 5 heteroatoms. The first-order valence-corrected chi connectivity index (χ1v) is 9.88. The SMILES string of the molecule is CCc1nc(CN2CCN(c3cc(C)nc4ccccc34)CC2)cs1. The van der Waals surface area contributed by atoms with E-state index in [-0.39, 0.29) is 0 Å². The number of nitrogens with zero attached hydrogens (tertiary/aromatic N) is 4. The highest BCUT2D eigenvalue weighted by atomic mass is 32.1. The molecule has 1 saturated heterocycles. The molecule has 0 spiro atoms. The van der Waals surface area contributed by atoms with Crippen LogP contribution in [-0.4, -0.2) is 41.0 Å². The third-order valence-corrected chi connectivity index (χ3v) is 5.86. The number of para-hydroxylation sites is 1. The van der Waals surface area contributed by atoms with Crippen molar-refractivity contribution >= 4 is 27.9 Å². The molecule has 0 saturated carbocycles. The van der Waals surface area contributed by atoms with Crippen molar-refractivity contribution in [2.24, 2.45) is 0 Å². The molecule has 3 heterocycles. The molecule has 25 heavy (non-hydrogen) atoms. The Morgan fingerprint density at radius 1 is 1.08 bits per heavy atom. The van der Waals surface area contributed by atoms with Gasteiger partial charge in [-0.05, 0) is 25.5 Å². The maximum absolute atomic E-state index is 4.71. The number of fused-ring (bicyclic) bond motifs is 1. The second-order valence-electron chi connectivity index (χ2n) is 6.65. The summed E-state index contributed by atoms with van der Waals surface area (Å²) in [5.74, 6) is 0. The molecule has 2 aromatic heterocycles. The maximum atomic E-state index is 4.71. The lowest BCUT2D eigenvalue weighted by molar-refractivity contribution is 0.247. The zero-order chi connectivity index (χ0) is 17.2. The summed E-state index contributed by atoms with van der Waals surface area (Å²) >= 11 is 1.78. The standard InChI is InChI=1S/C20H24N4S/c1-3-20-22-16(14-25-20)13-23-8-10-24(11-9-23)19-12-15(2)21-18-7-5-4-6-17(18)19/h4-7,12,14H,3,8-11,13H2,1-2H3. The van der Waals surface area contributed by atoms with Crippen LogP contribution >= 0.6 is 11.3 Å². The highest BCUT2D eigenvalue weighted by Crippen LogP contribution is 2.27. The first-order valence-electron chi connectivity index (χ1n) is 9.00. The molecule has 1 fully saturated rings. The summed E-state index contributed by atoms with van der Waals surface area (Å²) in [6.45, 7) is 9.49. The first kappa shape index (κ1) is 16.5. The van der Waals surface area contributed by atoms with E-state index in [4.69, 9.17) is 4.98 Å². The molecule has 130 valence electrons. The van der Waals surface area contributed by atoms with E-state index < -0.39 is 0 Å². The Bertz CT molecular complexity index is 865. The topological polar surface area (TPSA) is 32.3 Å². The Labute approximate surface area is 153 Å². The number of hydrogen-bond acceptors (Lipinski definition) is 5. The van der Waals surface area contributed by atoms with E-state index in [0.29, 0.717) is 0 Å². The Hall–Kier alpha value is -1.98. The summed E-state index contributed by atoms with van der Waals surface area (Å²) in [6, 6.07) is 10.7. The van der Waals surface area contributed by atoms with Crippen LogP contribution in [0.1, 0.15) is 23.3 Å². The van der Waals surface area contributed by atoms with Crippen molar-refractivity contribution in [2.75, 3.05) is 31.1 Å². The minimum absolute atomic E-state index is 0.973. The largest absolute Gasteiger partial charge is 0.368 e. The predicted octanol–water partition coefficient (Wildman–Crippen LogP) is 3.88. The molecular weight excluding hydrogens is 328 g/mol. The molecule has 0 atom stereocenters. The third-order valence-electron chi connectivity index (χ3n) is 4.82. The molecule has 0 N–H and O–H groups in total. The zero-order valence-corrected chi connectivity index (χ0v) is 15.7. The molecule has 0 unspecified atom stereocenters. The molecule has 3 aromatic rings. The van der Waals surface area contributed by atoms with Crippen LogP contribution in [0, 0.1) is 6.92 Å². The summed E-state index contributed by atoms with van der Waals surface area (Å²) in [7, 11) is 0. The van der Waals surface area contributed by atoms with Crippen molar-refractivity contribution in [3.05, 3.63) is 52.1 Å². The predicted molar refractivity (Wildman–Crippen MR) is 105 cm³/mol. The summed E-state index contributed by atoms with van der Waals surface area (Å²) in [4.78, 5) is 14.4. The van der Waals surface area contributed by atoms with E-state index in [1.54, 1.807) is 11.3 Å². The molecule has 1 aliphatic heterocycles. The van der Waals surface area contributed by atoms with Gasteiger partial charge in [0, 0.05) is 54.9 Å². The van der Waals surface area contributed by atoms with Gasteiger partial charge in [-0.2, -0.15) is 0 Å². The van der Waals surface area contributed by atoms with Crippen molar-refractivity contribution in [3.8, 4) is 0 Å². The second-order valence-corrected chi connectivity index (χ2v) is 7.59. The Morgan fingerprint density at radius 2 is 1.88 bits per heavy atom. The van der Waals surface area contributed by atoms with Gasteiger partial charge in [0.15, 0.2) is 0 Å². The fourth-order valence-electron chi connectivity index (χ4n) is 3.51. The Morgan fingerprint density at radius 3 is 2.64 bits per heavy atom. The summed E-state index contributed by atoms with van der Waals surface area (Å²) in [6.07, 6.45) is 1.03. The van der Waals surface area contributed by atoms with Gasteiger partial charge in [-0.1, -0.05) is 25.1 Å². The van der Waals surface area contributed by atoms with Crippen molar-refractivity contribution in [2.45, 2.75) is 26.8 Å². The van der Waals surface area contributed by atoms with Crippen molar-refractivity contribution < 1.29 is 0 Å². The summed E-state index contributed by atoms with van der Waals surface area (Å²) in [5.41, 5.74) is 4.73. The lowest BCUT2D eigenvalue weighted by atomic mass is 10.1. The van der Waals surface area contributed by atoms with Crippen molar-refractivity contribution in [1.82, 2.24) is 14.9 Å². The molecule has 1 aliphatic rings. The number of pyridine rings is 1. The Kier molecular flexibility index (Phi) is 4.68. The van der Waals surface area contributed by atoms with E-state index in [2.05, 4.69) is 64.3 Å². The number of benzene rings is 1. The van der Waals surface area contributed by atoms with Crippen LogP contribution in [0.15, 0.2) is 35.7 Å². The molecule has 0 aliphatic carbocycles. The smallest absolute Gasteiger partial charge is 0.0926 e. The maximum Gasteiger partial charge on any atom is 0.0926 e. The summed E-state index contributed by atoms with van der Waals surface area (Å²) in [5, 5.41) is 4.71. The van der Waals surface area contributed by atoms with E-state index in [0.717, 1.165) is 50.4 Å². The molecule has 0 bridgehead atoms. The highest BCUT2D eigenvalue weighted by Gasteiger charge is 2.20. The van der Waals surface area contributed by atoms with Gasteiger partial charge in [-0.15, -0.1) is 11.3 Å². The highest BCUT2D eigenvalue weighted by molar-refractivity contribution is 7.09. The number of aryl methyl sites for hydroxylation is 2. The Balaban J connectivity index is 1.47. The molecule has 1 aromatic carbocycles. The summed E-state index contributed by atoms with van der Waals surface area (Å²) < 4.78 is 0. The van der Waals surface area contributed by atoms with Crippen LogP contribution < -0.4 is 4.90 Å². The van der Waals surface area contributed by atoms with Gasteiger partial charge in [0.05, 0.1) is 16.2 Å². The first-order chi connectivity index (χ1) is 12.2. The number of thiazole rings is 1. The van der Waals surface area contributed by atoms with E-state index in [1.807, 2.05) is 0 Å². The zero-order valence-electron chi connectivity index (χ0n) is 14.9. The average Bonchev–Trinajstić information content (AvgIpc) is 3.09. The molecule has 4 nitrogen and oxygen atoms in total. The van der Waals surface area contributed by atoms with Gasteiger partial charge in [0.25, 0.3) is 0 Å². The van der Waals surface area contributed by atoms with Crippen molar-refractivity contribution in [3.63, 3.8) is 0 Å². The number of hydrogen-bond donors (Lipinski definition) is 0. The van der Waals surface area contributed by atoms with Crippen LogP contribution in [-0.2, 0) is 13.0 Å². The monoisotopic (exact) mass is 352 g/mol. The fourth-order valence-corrected chi connectivity index (χ4v) is 4.24. The van der Waals surface area contributed by atoms with Crippen LogP contribution in [0.5, 0.6) is 0 Å². The fraction of sp³-hybridized carbons (Fsp3) is 0.400. The minimum atomic E-state index is 0.973. The van der Waals surface area contributed by atoms with Crippen LogP contribution in [0.3, 0.4) is 0 Å². The van der Waals surface area contributed by atoms with Crippen LogP contribution in [0.25, 0.3) is 10.9 Å². The molecular formula is C20H24N4S. The number of rotatable bonds is 4. The lowest BCUT2D eigenvalue weighted by Gasteiger charge is -2.36. The quantitative estimate of drug-likeness (QED) is 0.713. The molecule has 0 amide bonds. The second kappa shape index (κ2) is 7.10. The molecule has 0 radical (unpaired) electrons. The van der Waals surface area contributed by atoms with E-state index >= 15 is 0 Å². The van der Waals surface area contributed by atoms with Crippen LogP contribution in [0.2, 0.25) is 0 Å². The van der Waals surface area contributed by atoms with E-state index in [1.165, 1.54) is 21.8 Å². The van der Waals surface area contributed by atoms with Gasteiger partial charge >= 0.3 is 0 Å². The van der Waals surface area contributed by atoms with Gasteiger partial charge in [-0.25, -0.2) is 4.98 Å². The van der Waals surface area contributed by atoms with Crippen LogP contribution in [0.4, 0.5) is 5.69 Å². The third kappa shape index (κ3) is 3.53. The van der Waals surface area contributed by atoms with Gasteiger partial charge in [0.2, 0.25) is 0 Å². The normalized spacial score (nSPS) is 15.8. The van der Waals surface area contributed by atoms with Gasteiger partial charge in [-0.3, -0.25) is 9.88 Å². The average molecular weight is 353 g/mol. The minimum Gasteiger partial charge on any atom is -0.368 e. The number of aromatic nitrogens is 2.